The highest BCUT2D eigenvalue weighted by Gasteiger charge is 2.37. The first-order chi connectivity index (χ1) is 16.4. The number of barbiturate groups is 1. The summed E-state index contributed by atoms with van der Waals surface area (Å²) >= 11 is 6.33. The molecule has 4 amide bonds. The maximum Gasteiger partial charge on any atom is 0.335 e. The molecule has 9 heteroatoms. The number of imide groups is 2. The number of nitrogens with zero attached hydrogens (tertiary/aromatic N) is 1. The first kappa shape index (κ1) is 24.7. The SMILES string of the molecule is C#CCOc1c(Cl)cc(/C=C2/C(=O)NC(=O)N(c3ccc(OCCC)cc3)C2=O)cc1OCC. The van der Waals surface area contributed by atoms with Crippen molar-refractivity contribution in [3.05, 3.63) is 52.6 Å². The van der Waals surface area contributed by atoms with Gasteiger partial charge in [0.15, 0.2) is 11.5 Å². The lowest BCUT2D eigenvalue weighted by Gasteiger charge is -2.26. The van der Waals surface area contributed by atoms with Crippen LogP contribution >= 0.6 is 11.6 Å². The van der Waals surface area contributed by atoms with Gasteiger partial charge in [-0.2, -0.15) is 0 Å². The molecule has 34 heavy (non-hydrogen) atoms. The van der Waals surface area contributed by atoms with Gasteiger partial charge in [0, 0.05) is 0 Å². The lowest BCUT2D eigenvalue weighted by molar-refractivity contribution is -0.122. The van der Waals surface area contributed by atoms with Crippen LogP contribution in [0, 0.1) is 12.3 Å². The Morgan fingerprint density at radius 2 is 1.82 bits per heavy atom. The Bertz CT molecular complexity index is 1170. The number of hydrogen-bond acceptors (Lipinski definition) is 6. The highest BCUT2D eigenvalue weighted by Crippen LogP contribution is 2.37. The van der Waals surface area contributed by atoms with Crippen molar-refractivity contribution in [1.82, 2.24) is 5.32 Å². The van der Waals surface area contributed by atoms with Gasteiger partial charge in [-0.25, -0.2) is 9.69 Å². The van der Waals surface area contributed by atoms with E-state index in [0.29, 0.717) is 30.3 Å². The number of ether oxygens (including phenoxy) is 3. The second-order valence-corrected chi connectivity index (χ2v) is 7.46. The number of nitrogens with one attached hydrogen (secondary N) is 1. The highest BCUT2D eigenvalue weighted by molar-refractivity contribution is 6.39. The average molecular weight is 483 g/mol. The van der Waals surface area contributed by atoms with Crippen molar-refractivity contribution in [2.45, 2.75) is 20.3 Å². The van der Waals surface area contributed by atoms with Crippen molar-refractivity contribution in [2.24, 2.45) is 0 Å². The molecule has 0 aromatic heterocycles. The van der Waals surface area contributed by atoms with Crippen molar-refractivity contribution in [3.63, 3.8) is 0 Å². The fourth-order valence-electron chi connectivity index (χ4n) is 3.16. The molecule has 2 aromatic carbocycles. The van der Waals surface area contributed by atoms with Gasteiger partial charge in [0.1, 0.15) is 17.9 Å². The number of anilines is 1. The van der Waals surface area contributed by atoms with Crippen molar-refractivity contribution < 1.29 is 28.6 Å². The van der Waals surface area contributed by atoms with Crippen molar-refractivity contribution in [1.29, 1.82) is 0 Å². The summed E-state index contributed by atoms with van der Waals surface area (Å²) in [5.74, 6) is 1.91. The van der Waals surface area contributed by atoms with E-state index in [9.17, 15) is 14.4 Å². The molecule has 1 aliphatic rings. The van der Waals surface area contributed by atoms with Crippen LogP contribution in [-0.4, -0.2) is 37.7 Å². The summed E-state index contributed by atoms with van der Waals surface area (Å²) in [4.78, 5) is 39.0. The number of carbonyl (C=O) groups is 3. The summed E-state index contributed by atoms with van der Waals surface area (Å²) in [6.45, 7) is 4.62. The zero-order chi connectivity index (χ0) is 24.7. The van der Waals surface area contributed by atoms with E-state index in [1.165, 1.54) is 12.1 Å². The van der Waals surface area contributed by atoms with Crippen LogP contribution in [0.25, 0.3) is 6.08 Å². The summed E-state index contributed by atoms with van der Waals surface area (Å²) in [6.07, 6.45) is 7.42. The Kier molecular flexibility index (Phi) is 8.17. The Morgan fingerprint density at radius 3 is 2.47 bits per heavy atom. The monoisotopic (exact) mass is 482 g/mol. The third-order valence-electron chi connectivity index (χ3n) is 4.61. The first-order valence-electron chi connectivity index (χ1n) is 10.6. The summed E-state index contributed by atoms with van der Waals surface area (Å²) < 4.78 is 16.6. The second kappa shape index (κ2) is 11.3. The van der Waals surface area contributed by atoms with E-state index in [4.69, 9.17) is 32.2 Å². The third-order valence-corrected chi connectivity index (χ3v) is 4.89. The molecule has 0 atom stereocenters. The molecule has 0 aliphatic carbocycles. The number of urea groups is 1. The van der Waals surface area contributed by atoms with Crippen LogP contribution in [0.5, 0.6) is 17.2 Å². The molecule has 8 nitrogen and oxygen atoms in total. The summed E-state index contributed by atoms with van der Waals surface area (Å²) in [5, 5.41) is 2.38. The molecule has 0 radical (unpaired) electrons. The first-order valence-corrected chi connectivity index (χ1v) is 10.9. The molecule has 176 valence electrons. The Labute approximate surface area is 202 Å². The maximum absolute atomic E-state index is 13.1. The number of benzene rings is 2. The summed E-state index contributed by atoms with van der Waals surface area (Å²) in [6, 6.07) is 8.65. The van der Waals surface area contributed by atoms with Crippen molar-refractivity contribution in [2.75, 3.05) is 24.7 Å². The van der Waals surface area contributed by atoms with E-state index >= 15 is 0 Å². The van der Waals surface area contributed by atoms with E-state index in [2.05, 4.69) is 11.2 Å². The smallest absolute Gasteiger partial charge is 0.335 e. The molecule has 3 rings (SSSR count). The molecule has 0 saturated carbocycles. The molecule has 0 unspecified atom stereocenters. The van der Waals surface area contributed by atoms with Crippen LogP contribution in [-0.2, 0) is 9.59 Å². The van der Waals surface area contributed by atoms with E-state index < -0.39 is 17.8 Å². The minimum Gasteiger partial charge on any atom is -0.494 e. The fourth-order valence-corrected chi connectivity index (χ4v) is 3.43. The van der Waals surface area contributed by atoms with Crippen LogP contribution in [0.15, 0.2) is 42.0 Å². The number of carbonyl (C=O) groups excluding carboxylic acids is 3. The predicted molar refractivity (Wildman–Crippen MR) is 128 cm³/mol. The molecule has 1 N–H and O–H groups in total. The van der Waals surface area contributed by atoms with Crippen LogP contribution in [0.3, 0.4) is 0 Å². The minimum absolute atomic E-state index is 0.0134. The van der Waals surface area contributed by atoms with Gasteiger partial charge in [-0.05, 0) is 61.4 Å². The zero-order valence-corrected chi connectivity index (χ0v) is 19.5. The standard InChI is InChI=1S/C25H23ClN2O6/c1-4-11-33-18-9-7-17(8-10-18)28-24(30)19(23(29)27-25(28)31)13-16-14-20(26)22(34-12-5-2)21(15-16)32-6-3/h2,7-10,13-15H,4,6,11-12H2,1,3H3,(H,27,29,31)/b19-13-. The predicted octanol–water partition coefficient (Wildman–Crippen LogP) is 4.21. The third kappa shape index (κ3) is 5.50. The second-order valence-electron chi connectivity index (χ2n) is 7.06. The minimum atomic E-state index is -0.847. The van der Waals surface area contributed by atoms with Gasteiger partial charge < -0.3 is 14.2 Å². The van der Waals surface area contributed by atoms with Crippen LogP contribution in [0.1, 0.15) is 25.8 Å². The van der Waals surface area contributed by atoms with Gasteiger partial charge in [0.25, 0.3) is 11.8 Å². The number of amides is 4. The topological polar surface area (TPSA) is 94.2 Å². The molecule has 0 spiro atoms. The molecule has 1 fully saturated rings. The van der Waals surface area contributed by atoms with E-state index in [-0.39, 0.29) is 28.6 Å². The fraction of sp³-hybridized carbons (Fsp3) is 0.240. The Morgan fingerprint density at radius 1 is 1.09 bits per heavy atom. The van der Waals surface area contributed by atoms with Gasteiger partial charge in [-0.3, -0.25) is 14.9 Å². The molecule has 0 bridgehead atoms. The lowest BCUT2D eigenvalue weighted by atomic mass is 10.1. The van der Waals surface area contributed by atoms with Gasteiger partial charge in [-0.15, -0.1) is 6.42 Å². The Hall–Kier alpha value is -3.96. The van der Waals surface area contributed by atoms with Gasteiger partial charge >= 0.3 is 6.03 Å². The molecule has 2 aromatic rings. The number of hydrogen-bond donors (Lipinski definition) is 1. The molecule has 1 aliphatic heterocycles. The summed E-state index contributed by atoms with van der Waals surface area (Å²) in [7, 11) is 0. The molecular formula is C25H23ClN2O6. The van der Waals surface area contributed by atoms with Crippen LogP contribution in [0.4, 0.5) is 10.5 Å². The molecular weight excluding hydrogens is 460 g/mol. The van der Waals surface area contributed by atoms with Gasteiger partial charge in [0.2, 0.25) is 0 Å². The largest absolute Gasteiger partial charge is 0.494 e. The van der Waals surface area contributed by atoms with Crippen LogP contribution < -0.4 is 24.4 Å². The lowest BCUT2D eigenvalue weighted by Crippen LogP contribution is -2.54. The van der Waals surface area contributed by atoms with Gasteiger partial charge in [0.05, 0.1) is 23.9 Å². The highest BCUT2D eigenvalue weighted by atomic mass is 35.5. The summed E-state index contributed by atoms with van der Waals surface area (Å²) in [5.41, 5.74) is 0.440. The maximum atomic E-state index is 13.1. The molecule has 1 saturated heterocycles. The average Bonchev–Trinajstić information content (AvgIpc) is 2.81. The number of terminal acetylenes is 1. The quantitative estimate of drug-likeness (QED) is 0.327. The van der Waals surface area contributed by atoms with E-state index in [0.717, 1.165) is 11.3 Å². The molecule has 1 heterocycles. The van der Waals surface area contributed by atoms with Gasteiger partial charge in [-0.1, -0.05) is 24.4 Å². The van der Waals surface area contributed by atoms with E-state index in [1.807, 2.05) is 6.92 Å². The van der Waals surface area contributed by atoms with Crippen molar-refractivity contribution >= 4 is 41.2 Å². The van der Waals surface area contributed by atoms with Crippen LogP contribution in [0.2, 0.25) is 5.02 Å². The zero-order valence-electron chi connectivity index (χ0n) is 18.7. The number of rotatable bonds is 9. The Balaban J connectivity index is 1.95. The normalized spacial score (nSPS) is 14.6. The van der Waals surface area contributed by atoms with E-state index in [1.54, 1.807) is 37.3 Å². The number of halogens is 1. The van der Waals surface area contributed by atoms with Crippen molar-refractivity contribution in [3.8, 4) is 29.6 Å².